The maximum atomic E-state index is 11.9. The normalized spacial score (nSPS) is 10.4. The third kappa shape index (κ3) is 3.78. The van der Waals surface area contributed by atoms with Gasteiger partial charge in [0.2, 0.25) is 0 Å². The minimum absolute atomic E-state index is 0.154. The zero-order valence-electron chi connectivity index (χ0n) is 10.4. The number of aryl methyl sites for hydroxylation is 1. The molecular formula is C13H14BrN3OS. The Morgan fingerprint density at radius 3 is 2.95 bits per heavy atom. The van der Waals surface area contributed by atoms with Crippen LogP contribution in [0.15, 0.2) is 28.1 Å². The van der Waals surface area contributed by atoms with Crippen molar-refractivity contribution < 1.29 is 4.79 Å². The molecule has 19 heavy (non-hydrogen) atoms. The van der Waals surface area contributed by atoms with E-state index >= 15 is 0 Å². The van der Waals surface area contributed by atoms with Crippen LogP contribution in [0, 0.1) is 6.92 Å². The van der Waals surface area contributed by atoms with Crippen molar-refractivity contribution in [3.05, 3.63) is 44.3 Å². The fourth-order valence-electron chi connectivity index (χ4n) is 1.64. The molecule has 0 aliphatic heterocycles. The molecule has 2 aromatic rings. The molecule has 0 aliphatic carbocycles. The average molecular weight is 340 g/mol. The highest BCUT2D eigenvalue weighted by Crippen LogP contribution is 2.18. The number of nitrogens with one attached hydrogen (secondary N) is 1. The van der Waals surface area contributed by atoms with Crippen molar-refractivity contribution >= 4 is 38.9 Å². The number of rotatable bonds is 4. The van der Waals surface area contributed by atoms with Crippen LogP contribution in [0.25, 0.3) is 0 Å². The van der Waals surface area contributed by atoms with E-state index in [0.29, 0.717) is 17.8 Å². The van der Waals surface area contributed by atoms with E-state index in [0.717, 1.165) is 21.6 Å². The lowest BCUT2D eigenvalue weighted by molar-refractivity contribution is 0.0955. The Bertz CT molecular complexity index is 597. The monoisotopic (exact) mass is 339 g/mol. The molecular weight excluding hydrogens is 326 g/mol. The number of carbonyl (C=O) groups is 1. The van der Waals surface area contributed by atoms with Crippen LogP contribution in [0.3, 0.4) is 0 Å². The van der Waals surface area contributed by atoms with Crippen molar-refractivity contribution in [3.8, 4) is 0 Å². The fraction of sp³-hybridized carbons (Fsp3) is 0.231. The summed E-state index contributed by atoms with van der Waals surface area (Å²) in [5, 5.41) is 5.88. The van der Waals surface area contributed by atoms with E-state index in [2.05, 4.69) is 26.2 Å². The summed E-state index contributed by atoms with van der Waals surface area (Å²) in [6.07, 6.45) is 0.737. The summed E-state index contributed by atoms with van der Waals surface area (Å²) >= 11 is 4.92. The molecule has 0 fully saturated rings. The number of nitrogen functional groups attached to an aromatic ring is 1. The van der Waals surface area contributed by atoms with E-state index in [4.69, 9.17) is 5.73 Å². The van der Waals surface area contributed by atoms with Gasteiger partial charge in [0.1, 0.15) is 0 Å². The molecule has 0 saturated heterocycles. The van der Waals surface area contributed by atoms with Crippen LogP contribution in [-0.2, 0) is 6.42 Å². The van der Waals surface area contributed by atoms with Crippen molar-refractivity contribution in [3.63, 3.8) is 0 Å². The Balaban J connectivity index is 1.90. The summed E-state index contributed by atoms with van der Waals surface area (Å²) in [7, 11) is 0. The smallest absolute Gasteiger partial charge is 0.253 e. The molecule has 1 aromatic carbocycles. The quantitative estimate of drug-likeness (QED) is 0.841. The zero-order valence-corrected chi connectivity index (χ0v) is 12.8. The number of hydrogen-bond donors (Lipinski definition) is 2. The first-order valence-electron chi connectivity index (χ1n) is 5.80. The first-order chi connectivity index (χ1) is 9.06. The van der Waals surface area contributed by atoms with Gasteiger partial charge in [0.05, 0.1) is 10.6 Å². The lowest BCUT2D eigenvalue weighted by atomic mass is 10.1. The topological polar surface area (TPSA) is 68.0 Å². The number of carbonyl (C=O) groups excluding carboxylic acids is 1. The van der Waals surface area contributed by atoms with Gasteiger partial charge in [-0.2, -0.15) is 0 Å². The van der Waals surface area contributed by atoms with Gasteiger partial charge >= 0.3 is 0 Å². The maximum Gasteiger partial charge on any atom is 0.253 e. The molecule has 2 rings (SSSR count). The Morgan fingerprint density at radius 2 is 2.32 bits per heavy atom. The number of hydrogen-bond acceptors (Lipinski definition) is 4. The summed E-state index contributed by atoms with van der Waals surface area (Å²) in [6, 6.07) is 5.23. The van der Waals surface area contributed by atoms with Crippen LogP contribution in [0.5, 0.6) is 0 Å². The summed E-state index contributed by atoms with van der Waals surface area (Å²) in [4.78, 5) is 16.3. The van der Waals surface area contributed by atoms with Crippen molar-refractivity contribution in [2.45, 2.75) is 13.3 Å². The second-order valence-corrected chi connectivity index (χ2v) is 5.98. The molecule has 4 nitrogen and oxygen atoms in total. The summed E-state index contributed by atoms with van der Waals surface area (Å²) in [6.45, 7) is 2.52. The molecule has 0 aliphatic rings. The Hall–Kier alpha value is -1.40. The minimum atomic E-state index is -0.154. The average Bonchev–Trinajstić information content (AvgIpc) is 2.75. The van der Waals surface area contributed by atoms with Crippen LogP contribution in [0.4, 0.5) is 5.69 Å². The molecule has 1 heterocycles. The Labute approximate surface area is 124 Å². The molecule has 0 spiro atoms. The summed E-state index contributed by atoms with van der Waals surface area (Å²) in [5.41, 5.74) is 7.79. The van der Waals surface area contributed by atoms with Gasteiger partial charge in [0.25, 0.3) is 5.91 Å². The predicted molar refractivity (Wildman–Crippen MR) is 81.4 cm³/mol. The number of nitrogens with two attached hydrogens (primary N) is 1. The molecule has 0 atom stereocenters. The molecule has 1 amide bonds. The maximum absolute atomic E-state index is 11.9. The molecule has 0 saturated carbocycles. The molecule has 0 radical (unpaired) electrons. The van der Waals surface area contributed by atoms with E-state index in [1.54, 1.807) is 29.5 Å². The van der Waals surface area contributed by atoms with E-state index < -0.39 is 0 Å². The number of halogens is 1. The number of thiazole rings is 1. The number of amides is 1. The van der Waals surface area contributed by atoms with Gasteiger partial charge in [0.15, 0.2) is 0 Å². The number of anilines is 1. The van der Waals surface area contributed by atoms with Crippen molar-refractivity contribution in [1.29, 1.82) is 0 Å². The largest absolute Gasteiger partial charge is 0.398 e. The first-order valence-corrected chi connectivity index (χ1v) is 7.48. The molecule has 0 bridgehead atoms. The third-order valence-electron chi connectivity index (χ3n) is 2.55. The lowest BCUT2D eigenvalue weighted by Crippen LogP contribution is -2.26. The molecule has 100 valence electrons. The highest BCUT2D eigenvalue weighted by molar-refractivity contribution is 9.10. The first kappa shape index (κ1) is 14.0. The zero-order chi connectivity index (χ0) is 13.8. The Morgan fingerprint density at radius 1 is 1.53 bits per heavy atom. The van der Waals surface area contributed by atoms with Gasteiger partial charge < -0.3 is 11.1 Å². The van der Waals surface area contributed by atoms with E-state index in [1.165, 1.54) is 0 Å². The Kier molecular flexibility index (Phi) is 4.55. The van der Waals surface area contributed by atoms with Crippen molar-refractivity contribution in [2.75, 3.05) is 12.3 Å². The van der Waals surface area contributed by atoms with Gasteiger partial charge in [-0.05, 0) is 25.1 Å². The van der Waals surface area contributed by atoms with Crippen LogP contribution in [0.2, 0.25) is 0 Å². The van der Waals surface area contributed by atoms with E-state index in [-0.39, 0.29) is 5.91 Å². The second kappa shape index (κ2) is 6.16. The molecule has 3 N–H and O–H groups in total. The standard InChI is InChI=1S/C13H14BrN3OS/c1-8-7-19-12(17-8)4-5-16-13(18)10-3-2-9(14)6-11(10)15/h2-3,6-7H,4-5,15H2,1H3,(H,16,18). The number of nitrogens with zero attached hydrogens (tertiary/aromatic N) is 1. The second-order valence-electron chi connectivity index (χ2n) is 4.12. The number of aromatic nitrogens is 1. The molecule has 0 unspecified atom stereocenters. The lowest BCUT2D eigenvalue weighted by Gasteiger charge is -2.07. The highest BCUT2D eigenvalue weighted by atomic mass is 79.9. The van der Waals surface area contributed by atoms with Gasteiger partial charge in [-0.1, -0.05) is 15.9 Å². The van der Waals surface area contributed by atoms with Crippen LogP contribution in [-0.4, -0.2) is 17.4 Å². The van der Waals surface area contributed by atoms with Gasteiger partial charge in [-0.3, -0.25) is 4.79 Å². The van der Waals surface area contributed by atoms with Crippen LogP contribution < -0.4 is 11.1 Å². The SMILES string of the molecule is Cc1csc(CCNC(=O)c2ccc(Br)cc2N)n1. The predicted octanol–water partition coefficient (Wildman–Crippen LogP) is 2.77. The summed E-state index contributed by atoms with van der Waals surface area (Å²) < 4.78 is 0.861. The molecule has 6 heteroatoms. The minimum Gasteiger partial charge on any atom is -0.398 e. The fourth-order valence-corrected chi connectivity index (χ4v) is 2.79. The van der Waals surface area contributed by atoms with Crippen LogP contribution in [0.1, 0.15) is 21.1 Å². The van der Waals surface area contributed by atoms with Crippen LogP contribution >= 0.6 is 27.3 Å². The van der Waals surface area contributed by atoms with E-state index in [9.17, 15) is 4.79 Å². The molecule has 1 aromatic heterocycles. The third-order valence-corrected chi connectivity index (χ3v) is 4.07. The van der Waals surface area contributed by atoms with Crippen molar-refractivity contribution in [2.24, 2.45) is 0 Å². The summed E-state index contributed by atoms with van der Waals surface area (Å²) in [5.74, 6) is -0.154. The van der Waals surface area contributed by atoms with Gasteiger partial charge in [-0.25, -0.2) is 4.98 Å². The van der Waals surface area contributed by atoms with Gasteiger partial charge in [0, 0.05) is 34.2 Å². The van der Waals surface area contributed by atoms with Gasteiger partial charge in [-0.15, -0.1) is 11.3 Å². The van der Waals surface area contributed by atoms with Crippen molar-refractivity contribution in [1.82, 2.24) is 10.3 Å². The highest BCUT2D eigenvalue weighted by Gasteiger charge is 2.09. The van der Waals surface area contributed by atoms with E-state index in [1.807, 2.05) is 12.3 Å². The number of benzene rings is 1.